The smallest absolute Gasteiger partial charge is 0.250 e. The highest BCUT2D eigenvalue weighted by molar-refractivity contribution is 9.10. The lowest BCUT2D eigenvalue weighted by Crippen LogP contribution is -2.29. The van der Waals surface area contributed by atoms with Crippen molar-refractivity contribution in [1.82, 2.24) is 10.3 Å². The number of thiocarbonyl (C=S) groups is 1. The van der Waals surface area contributed by atoms with Crippen molar-refractivity contribution in [2.24, 2.45) is 0 Å². The van der Waals surface area contributed by atoms with Crippen molar-refractivity contribution in [2.75, 3.05) is 23.9 Å². The van der Waals surface area contributed by atoms with Crippen LogP contribution in [0, 0.1) is 12.7 Å². The number of pyridine rings is 1. The van der Waals surface area contributed by atoms with E-state index < -0.39 is 6.04 Å². The minimum absolute atomic E-state index is 0.0328. The number of amides is 1. The number of rotatable bonds is 7. The molecule has 0 radical (unpaired) electrons. The van der Waals surface area contributed by atoms with Gasteiger partial charge in [-0.25, -0.2) is 4.39 Å². The first-order chi connectivity index (χ1) is 18.4. The third-order valence-corrected chi connectivity index (χ3v) is 7.06. The average molecular weight is 595 g/mol. The van der Waals surface area contributed by atoms with Gasteiger partial charge in [0.05, 0.1) is 17.3 Å². The number of hydrogen-bond acceptors (Lipinski definition) is 5. The lowest BCUT2D eigenvalue weighted by molar-refractivity contribution is -0.119. The Labute approximate surface area is 233 Å². The molecular weight excluding hydrogens is 571 g/mol. The summed E-state index contributed by atoms with van der Waals surface area (Å²) in [5.41, 5.74) is 3.49. The maximum Gasteiger partial charge on any atom is 0.250 e. The number of halogens is 2. The van der Waals surface area contributed by atoms with E-state index in [1.54, 1.807) is 24.4 Å². The number of aromatic nitrogens is 1. The van der Waals surface area contributed by atoms with Crippen molar-refractivity contribution in [1.29, 1.82) is 0 Å². The molecule has 2 unspecified atom stereocenters. The van der Waals surface area contributed by atoms with Crippen LogP contribution in [0.25, 0.3) is 11.3 Å². The van der Waals surface area contributed by atoms with Crippen LogP contribution in [0.2, 0.25) is 0 Å². The fraction of sp³-hybridized carbons (Fsp3) is 0.179. The molecule has 2 atom stereocenters. The summed E-state index contributed by atoms with van der Waals surface area (Å²) in [6.07, 6.45) is 1.73. The number of nitrogens with zero attached hydrogens (tertiary/aromatic N) is 2. The predicted octanol–water partition coefficient (Wildman–Crippen LogP) is 6.31. The van der Waals surface area contributed by atoms with Gasteiger partial charge in [-0.1, -0.05) is 22.0 Å². The first kappa shape index (κ1) is 26.0. The van der Waals surface area contributed by atoms with Gasteiger partial charge in [-0.3, -0.25) is 9.78 Å². The van der Waals surface area contributed by atoms with Crippen LogP contribution in [0.4, 0.5) is 15.8 Å². The van der Waals surface area contributed by atoms with Crippen molar-refractivity contribution >= 4 is 50.5 Å². The van der Waals surface area contributed by atoms with Gasteiger partial charge in [-0.05, 0) is 85.4 Å². The molecule has 4 aromatic rings. The fourth-order valence-corrected chi connectivity index (χ4v) is 5.20. The van der Waals surface area contributed by atoms with Crippen molar-refractivity contribution in [3.05, 3.63) is 100 Å². The lowest BCUT2D eigenvalue weighted by atomic mass is 10.0. The van der Waals surface area contributed by atoms with Crippen LogP contribution in [-0.4, -0.2) is 29.7 Å². The number of anilines is 2. The van der Waals surface area contributed by atoms with Crippen molar-refractivity contribution < 1.29 is 18.3 Å². The van der Waals surface area contributed by atoms with Crippen molar-refractivity contribution in [2.45, 2.75) is 19.0 Å². The molecule has 10 heteroatoms. The summed E-state index contributed by atoms with van der Waals surface area (Å²) in [6.45, 7) is 1.87. The number of carbonyl (C=O) groups excluding carboxylic acids is 1. The summed E-state index contributed by atoms with van der Waals surface area (Å²) < 4.78 is 26.5. The normalized spacial score (nSPS) is 16.9. The Balaban J connectivity index is 1.55. The zero-order chi connectivity index (χ0) is 26.8. The van der Waals surface area contributed by atoms with E-state index in [2.05, 4.69) is 31.5 Å². The van der Waals surface area contributed by atoms with Gasteiger partial charge < -0.3 is 24.7 Å². The van der Waals surface area contributed by atoms with Gasteiger partial charge in [0.2, 0.25) is 5.91 Å². The van der Waals surface area contributed by atoms with E-state index in [4.69, 9.17) is 21.4 Å². The Morgan fingerprint density at radius 3 is 2.76 bits per heavy atom. The quantitative estimate of drug-likeness (QED) is 0.243. The molecule has 0 aliphatic carbocycles. The van der Waals surface area contributed by atoms with Gasteiger partial charge in [-0.2, -0.15) is 0 Å². The van der Waals surface area contributed by atoms with Gasteiger partial charge in [0.25, 0.3) is 0 Å². The standard InChI is InChI=1S/C28H24BrFN4O3S/c1-16-13-18(7-9-21(16)32-25(35)15-36-2)34-27(26(33-28(34)38)22-5-3-4-12-31-22)24-11-10-23(37-24)19-8-6-17(29)14-20(19)30/h3-14,26-27H,15H2,1-2H3,(H,32,35)(H,33,38). The van der Waals surface area contributed by atoms with E-state index in [0.29, 0.717) is 32.4 Å². The summed E-state index contributed by atoms with van der Waals surface area (Å²) in [4.78, 5) is 18.5. The summed E-state index contributed by atoms with van der Waals surface area (Å²) in [5.74, 6) is 0.383. The van der Waals surface area contributed by atoms with Gasteiger partial charge in [0.1, 0.15) is 30.0 Å². The Bertz CT molecular complexity index is 1500. The van der Waals surface area contributed by atoms with Crippen molar-refractivity contribution in [3.63, 3.8) is 0 Å². The van der Waals surface area contributed by atoms with E-state index >= 15 is 0 Å². The molecule has 5 rings (SSSR count). The average Bonchev–Trinajstić information content (AvgIpc) is 3.50. The van der Waals surface area contributed by atoms with Crippen LogP contribution >= 0.6 is 28.1 Å². The van der Waals surface area contributed by atoms with Crippen LogP contribution in [0.15, 0.2) is 81.8 Å². The molecule has 1 aliphatic rings. The predicted molar refractivity (Wildman–Crippen MR) is 151 cm³/mol. The summed E-state index contributed by atoms with van der Waals surface area (Å²) in [5, 5.41) is 6.73. The minimum Gasteiger partial charge on any atom is -0.459 e. The maximum absolute atomic E-state index is 14.7. The molecule has 0 bridgehead atoms. The van der Waals surface area contributed by atoms with E-state index in [-0.39, 0.29) is 24.4 Å². The van der Waals surface area contributed by atoms with Crippen LogP contribution in [0.1, 0.15) is 29.1 Å². The molecule has 3 heterocycles. The van der Waals surface area contributed by atoms with E-state index in [9.17, 15) is 9.18 Å². The molecule has 0 spiro atoms. The van der Waals surface area contributed by atoms with Crippen LogP contribution in [0.3, 0.4) is 0 Å². The molecule has 194 valence electrons. The highest BCUT2D eigenvalue weighted by Gasteiger charge is 2.42. The SMILES string of the molecule is COCC(=O)Nc1ccc(N2C(=S)NC(c3ccccn3)C2c2ccc(-c3ccc(Br)cc3F)o2)cc1C. The second kappa shape index (κ2) is 11.0. The maximum atomic E-state index is 14.7. The molecule has 2 aromatic carbocycles. The monoisotopic (exact) mass is 594 g/mol. The fourth-order valence-electron chi connectivity index (χ4n) is 4.52. The molecule has 0 saturated carbocycles. The van der Waals surface area contributed by atoms with E-state index in [1.807, 2.05) is 54.3 Å². The van der Waals surface area contributed by atoms with Crippen molar-refractivity contribution in [3.8, 4) is 11.3 Å². The van der Waals surface area contributed by atoms with Crippen LogP contribution in [-0.2, 0) is 9.53 Å². The molecular formula is C28H24BrFN4O3S. The Hall–Kier alpha value is -3.60. The highest BCUT2D eigenvalue weighted by atomic mass is 79.9. The van der Waals surface area contributed by atoms with Gasteiger partial charge in [-0.15, -0.1) is 0 Å². The largest absolute Gasteiger partial charge is 0.459 e. The summed E-state index contributed by atoms with van der Waals surface area (Å²) in [7, 11) is 1.47. The number of methoxy groups -OCH3 is 1. The molecule has 2 aromatic heterocycles. The number of aryl methyl sites for hydroxylation is 1. The Morgan fingerprint density at radius 1 is 1.21 bits per heavy atom. The highest BCUT2D eigenvalue weighted by Crippen LogP contribution is 2.43. The zero-order valence-corrected chi connectivity index (χ0v) is 23.0. The third-order valence-electron chi connectivity index (χ3n) is 6.25. The number of furan rings is 1. The van der Waals surface area contributed by atoms with Gasteiger partial charge in [0.15, 0.2) is 5.11 Å². The molecule has 1 fully saturated rings. The molecule has 2 N–H and O–H groups in total. The molecule has 38 heavy (non-hydrogen) atoms. The second-order valence-electron chi connectivity index (χ2n) is 8.80. The number of benzene rings is 2. The summed E-state index contributed by atoms with van der Waals surface area (Å²) in [6, 6.07) is 19.1. The second-order valence-corrected chi connectivity index (χ2v) is 10.1. The van der Waals surface area contributed by atoms with E-state index in [0.717, 1.165) is 16.9 Å². The van der Waals surface area contributed by atoms with Gasteiger partial charge >= 0.3 is 0 Å². The molecule has 1 amide bonds. The van der Waals surface area contributed by atoms with Gasteiger partial charge in [0, 0.05) is 29.2 Å². The Morgan fingerprint density at radius 2 is 2.05 bits per heavy atom. The topological polar surface area (TPSA) is 79.6 Å². The number of carbonyl (C=O) groups is 1. The zero-order valence-electron chi connectivity index (χ0n) is 20.6. The molecule has 1 aliphatic heterocycles. The molecule has 1 saturated heterocycles. The summed E-state index contributed by atoms with van der Waals surface area (Å²) >= 11 is 9.08. The number of nitrogens with one attached hydrogen (secondary N) is 2. The van der Waals surface area contributed by atoms with Crippen LogP contribution < -0.4 is 15.5 Å². The third kappa shape index (κ3) is 5.20. The first-order valence-electron chi connectivity index (χ1n) is 11.8. The first-order valence-corrected chi connectivity index (χ1v) is 13.0. The lowest BCUT2D eigenvalue weighted by Gasteiger charge is -2.27. The Kier molecular flexibility index (Phi) is 7.55. The minimum atomic E-state index is -0.405. The van der Waals surface area contributed by atoms with Crippen LogP contribution in [0.5, 0.6) is 0 Å². The molecule has 7 nitrogen and oxygen atoms in total. The number of hydrogen-bond donors (Lipinski definition) is 2. The number of ether oxygens (including phenoxy) is 1. The van der Waals surface area contributed by atoms with E-state index in [1.165, 1.54) is 13.2 Å².